The van der Waals surface area contributed by atoms with Crippen LogP contribution >= 0.6 is 0 Å². The number of nitrogens with zero attached hydrogens (tertiary/aromatic N) is 1. The fraction of sp³-hybridized carbons (Fsp3) is 0.250. The van der Waals surface area contributed by atoms with Crippen LogP contribution in [0.15, 0.2) is 24.4 Å². The molecule has 0 saturated heterocycles. The van der Waals surface area contributed by atoms with Crippen LogP contribution in [0, 0.1) is 25.7 Å². The highest BCUT2D eigenvalue weighted by molar-refractivity contribution is 5.96. The second-order valence-electron chi connectivity index (χ2n) is 4.64. The van der Waals surface area contributed by atoms with Crippen molar-refractivity contribution < 1.29 is 9.90 Å². The maximum absolute atomic E-state index is 12.3. The van der Waals surface area contributed by atoms with Crippen molar-refractivity contribution in [1.82, 2.24) is 15.5 Å². The molecular weight excluding hydrogens is 266 g/mol. The van der Waals surface area contributed by atoms with E-state index < -0.39 is 0 Å². The Morgan fingerprint density at radius 1 is 1.43 bits per heavy atom. The van der Waals surface area contributed by atoms with E-state index in [1.807, 2.05) is 19.9 Å². The fourth-order valence-corrected chi connectivity index (χ4v) is 1.98. The first kappa shape index (κ1) is 14.8. The zero-order valence-corrected chi connectivity index (χ0v) is 12.0. The van der Waals surface area contributed by atoms with Gasteiger partial charge in [0.15, 0.2) is 0 Å². The van der Waals surface area contributed by atoms with Crippen molar-refractivity contribution in [2.75, 3.05) is 6.61 Å². The van der Waals surface area contributed by atoms with Gasteiger partial charge in [0, 0.05) is 28.9 Å². The Morgan fingerprint density at radius 2 is 2.24 bits per heavy atom. The van der Waals surface area contributed by atoms with E-state index in [2.05, 4.69) is 27.4 Å². The molecule has 2 rings (SSSR count). The number of benzene rings is 1. The topological polar surface area (TPSA) is 78.0 Å². The first-order valence-electron chi connectivity index (χ1n) is 6.60. The Kier molecular flexibility index (Phi) is 4.75. The van der Waals surface area contributed by atoms with Crippen LogP contribution in [-0.4, -0.2) is 27.8 Å². The van der Waals surface area contributed by atoms with E-state index in [9.17, 15) is 4.79 Å². The van der Waals surface area contributed by atoms with Crippen LogP contribution in [0.2, 0.25) is 0 Å². The summed E-state index contributed by atoms with van der Waals surface area (Å²) < 4.78 is 0. The summed E-state index contributed by atoms with van der Waals surface area (Å²) in [5, 5.41) is 18.4. The highest BCUT2D eigenvalue weighted by Crippen LogP contribution is 2.13. The van der Waals surface area contributed by atoms with Gasteiger partial charge in [-0.25, -0.2) is 0 Å². The number of aryl methyl sites for hydroxylation is 1. The lowest BCUT2D eigenvalue weighted by molar-refractivity contribution is 0.0950. The third kappa shape index (κ3) is 3.50. The molecule has 0 atom stereocenters. The van der Waals surface area contributed by atoms with E-state index in [-0.39, 0.29) is 12.5 Å². The number of amides is 1. The minimum absolute atomic E-state index is 0.152. The molecule has 1 aromatic heterocycles. The zero-order chi connectivity index (χ0) is 15.2. The molecule has 0 bridgehead atoms. The number of aliphatic hydroxyl groups excluding tert-OH is 1. The second-order valence-corrected chi connectivity index (χ2v) is 4.64. The molecule has 3 N–H and O–H groups in total. The van der Waals surface area contributed by atoms with Gasteiger partial charge in [0.05, 0.1) is 6.20 Å². The van der Waals surface area contributed by atoms with Crippen molar-refractivity contribution in [3.05, 3.63) is 52.3 Å². The number of carbonyl (C=O) groups is 1. The van der Waals surface area contributed by atoms with Gasteiger partial charge in [0.1, 0.15) is 6.61 Å². The molecule has 0 radical (unpaired) electrons. The van der Waals surface area contributed by atoms with Gasteiger partial charge < -0.3 is 10.4 Å². The number of hydrogen-bond acceptors (Lipinski definition) is 3. The average Bonchev–Trinajstić information content (AvgIpc) is 2.89. The predicted octanol–water partition coefficient (Wildman–Crippen LogP) is 1.30. The molecule has 21 heavy (non-hydrogen) atoms. The fourth-order valence-electron chi connectivity index (χ4n) is 1.98. The number of rotatable bonds is 3. The van der Waals surface area contributed by atoms with Crippen LogP contribution in [0.4, 0.5) is 0 Å². The largest absolute Gasteiger partial charge is 0.384 e. The molecule has 1 amide bonds. The minimum atomic E-state index is -0.199. The summed E-state index contributed by atoms with van der Waals surface area (Å²) in [6.07, 6.45) is 1.70. The van der Waals surface area contributed by atoms with Crippen LogP contribution in [0.25, 0.3) is 0 Å². The molecule has 0 aliphatic carbocycles. The van der Waals surface area contributed by atoms with E-state index in [0.717, 1.165) is 22.4 Å². The number of aromatic nitrogens is 2. The van der Waals surface area contributed by atoms with E-state index in [1.165, 1.54) is 0 Å². The third-order valence-corrected chi connectivity index (χ3v) is 3.25. The van der Waals surface area contributed by atoms with Crippen molar-refractivity contribution >= 4 is 5.91 Å². The number of aromatic amines is 1. The molecule has 0 aliphatic rings. The van der Waals surface area contributed by atoms with E-state index in [0.29, 0.717) is 12.1 Å². The van der Waals surface area contributed by atoms with Gasteiger partial charge in [-0.15, -0.1) is 0 Å². The molecule has 1 heterocycles. The molecule has 0 saturated carbocycles. The number of hydrogen-bond donors (Lipinski definition) is 3. The Balaban J connectivity index is 2.14. The number of carbonyl (C=O) groups excluding carboxylic acids is 1. The number of H-pyrrole nitrogens is 1. The van der Waals surface area contributed by atoms with Gasteiger partial charge in [-0.3, -0.25) is 9.89 Å². The Labute approximate surface area is 123 Å². The highest BCUT2D eigenvalue weighted by Gasteiger charge is 2.11. The van der Waals surface area contributed by atoms with Crippen molar-refractivity contribution in [2.45, 2.75) is 20.4 Å². The number of aliphatic hydroxyl groups is 1. The summed E-state index contributed by atoms with van der Waals surface area (Å²) >= 11 is 0. The molecule has 0 unspecified atom stereocenters. The quantitative estimate of drug-likeness (QED) is 0.743. The molecule has 0 fully saturated rings. The Bertz CT molecular complexity index is 708. The monoisotopic (exact) mass is 283 g/mol. The summed E-state index contributed by atoms with van der Waals surface area (Å²) in [6, 6.07) is 5.37. The van der Waals surface area contributed by atoms with Gasteiger partial charge >= 0.3 is 0 Å². The standard InChI is InChI=1S/C16H17N3O2/c1-11-13(6-4-8-20)5-3-7-15(11)16(21)17-9-14-10-18-19-12(14)2/h3,5,7,10,20H,8-9H2,1-2H3,(H,17,21)(H,18,19). The summed E-state index contributed by atoms with van der Waals surface area (Å²) in [6.45, 7) is 3.98. The van der Waals surface area contributed by atoms with E-state index in [4.69, 9.17) is 5.11 Å². The molecule has 5 heteroatoms. The first-order valence-corrected chi connectivity index (χ1v) is 6.60. The summed E-state index contributed by atoms with van der Waals surface area (Å²) in [5.41, 5.74) is 4.03. The first-order chi connectivity index (χ1) is 10.1. The average molecular weight is 283 g/mol. The zero-order valence-electron chi connectivity index (χ0n) is 12.0. The SMILES string of the molecule is Cc1[nH]ncc1CNC(=O)c1cccc(C#CCO)c1C. The van der Waals surface area contributed by atoms with Crippen molar-refractivity contribution in [3.8, 4) is 11.8 Å². The summed E-state index contributed by atoms with van der Waals surface area (Å²) in [4.78, 5) is 12.3. The minimum Gasteiger partial charge on any atom is -0.384 e. The highest BCUT2D eigenvalue weighted by atomic mass is 16.2. The lowest BCUT2D eigenvalue weighted by Crippen LogP contribution is -2.24. The van der Waals surface area contributed by atoms with Gasteiger partial charge in [-0.2, -0.15) is 5.10 Å². The maximum atomic E-state index is 12.3. The van der Waals surface area contributed by atoms with E-state index in [1.54, 1.807) is 18.3 Å². The van der Waals surface area contributed by atoms with Crippen molar-refractivity contribution in [3.63, 3.8) is 0 Å². The molecule has 2 aromatic rings. The number of nitrogens with one attached hydrogen (secondary N) is 2. The van der Waals surface area contributed by atoms with Crippen LogP contribution < -0.4 is 5.32 Å². The normalized spacial score (nSPS) is 9.86. The molecular formula is C16H17N3O2. The van der Waals surface area contributed by atoms with Crippen LogP contribution in [0.1, 0.15) is 32.7 Å². The third-order valence-electron chi connectivity index (χ3n) is 3.25. The summed E-state index contributed by atoms with van der Waals surface area (Å²) in [7, 11) is 0. The lowest BCUT2D eigenvalue weighted by Gasteiger charge is -2.08. The van der Waals surface area contributed by atoms with E-state index >= 15 is 0 Å². The second kappa shape index (κ2) is 6.73. The van der Waals surface area contributed by atoms with Crippen molar-refractivity contribution in [1.29, 1.82) is 0 Å². The van der Waals surface area contributed by atoms with Crippen LogP contribution in [0.5, 0.6) is 0 Å². The van der Waals surface area contributed by atoms with Crippen molar-refractivity contribution in [2.24, 2.45) is 0 Å². The molecule has 0 spiro atoms. The smallest absolute Gasteiger partial charge is 0.251 e. The predicted molar refractivity (Wildman–Crippen MR) is 79.6 cm³/mol. The van der Waals surface area contributed by atoms with Gasteiger partial charge in [-0.1, -0.05) is 17.9 Å². The molecule has 0 aliphatic heterocycles. The van der Waals surface area contributed by atoms with Gasteiger partial charge in [-0.05, 0) is 31.5 Å². The molecule has 108 valence electrons. The molecule has 1 aromatic carbocycles. The maximum Gasteiger partial charge on any atom is 0.251 e. The Hall–Kier alpha value is -2.58. The van der Waals surface area contributed by atoms with Crippen LogP contribution in [-0.2, 0) is 6.54 Å². The van der Waals surface area contributed by atoms with Gasteiger partial charge in [0.2, 0.25) is 0 Å². The summed E-state index contributed by atoms with van der Waals surface area (Å²) in [5.74, 6) is 5.28. The molecule has 5 nitrogen and oxygen atoms in total. The lowest BCUT2D eigenvalue weighted by atomic mass is 10.0. The Morgan fingerprint density at radius 3 is 2.90 bits per heavy atom. The van der Waals surface area contributed by atoms with Crippen LogP contribution in [0.3, 0.4) is 0 Å². The van der Waals surface area contributed by atoms with Gasteiger partial charge in [0.25, 0.3) is 5.91 Å².